The van der Waals surface area contributed by atoms with Gasteiger partial charge in [-0.05, 0) is 18.1 Å². The monoisotopic (exact) mass is 321 g/mol. The average Bonchev–Trinajstić information content (AvgIpc) is 2.52. The molecule has 1 amide bonds. The molecule has 122 valence electrons. The van der Waals surface area contributed by atoms with Crippen molar-refractivity contribution in [3.05, 3.63) is 29.3 Å². The van der Waals surface area contributed by atoms with Crippen LogP contribution in [0.15, 0.2) is 18.2 Å². The van der Waals surface area contributed by atoms with Crippen LogP contribution in [0.5, 0.6) is 5.75 Å². The maximum absolute atomic E-state index is 11.8. The van der Waals surface area contributed by atoms with Crippen LogP contribution in [-0.4, -0.2) is 48.7 Å². The van der Waals surface area contributed by atoms with E-state index in [-0.39, 0.29) is 30.1 Å². The van der Waals surface area contributed by atoms with Crippen LogP contribution >= 0.6 is 0 Å². The largest absolute Gasteiger partial charge is 0.535 e. The number of fused-ring (bicyclic) bond motifs is 1. The van der Waals surface area contributed by atoms with Gasteiger partial charge in [0.2, 0.25) is 0 Å². The number of ether oxygens (including phenoxy) is 1. The number of hydrogen-bond donors (Lipinski definition) is 3. The molecule has 1 aromatic rings. The smallest absolute Gasteiger partial charge is 0.526 e. The first kappa shape index (κ1) is 16.8. The van der Waals surface area contributed by atoms with Gasteiger partial charge in [-0.1, -0.05) is 12.1 Å². The molecule has 1 heterocycles. The van der Waals surface area contributed by atoms with E-state index in [1.807, 2.05) is 0 Å². The van der Waals surface area contributed by atoms with Gasteiger partial charge in [0.15, 0.2) is 5.78 Å². The summed E-state index contributed by atoms with van der Waals surface area (Å²) in [5, 5.41) is 21.4. The van der Waals surface area contributed by atoms with E-state index >= 15 is 0 Å². The van der Waals surface area contributed by atoms with Crippen molar-refractivity contribution in [2.24, 2.45) is 0 Å². The third kappa shape index (κ3) is 4.01. The Hall–Kier alpha value is -2.55. The van der Waals surface area contributed by atoms with Crippen molar-refractivity contribution < 1.29 is 33.9 Å². The van der Waals surface area contributed by atoms with Crippen LogP contribution < -0.4 is 9.97 Å². The highest BCUT2D eigenvalue weighted by molar-refractivity contribution is 6.47. The van der Waals surface area contributed by atoms with Crippen molar-refractivity contribution in [2.45, 2.75) is 18.7 Å². The molecule has 2 rings (SSSR count). The second-order valence-corrected chi connectivity index (χ2v) is 5.16. The van der Waals surface area contributed by atoms with Crippen LogP contribution in [0.4, 0.5) is 4.79 Å². The van der Waals surface area contributed by atoms with Gasteiger partial charge in [-0.25, -0.2) is 9.59 Å². The summed E-state index contributed by atoms with van der Waals surface area (Å²) in [6, 6.07) is 4.67. The Bertz CT molecular complexity index is 634. The molecular weight excluding hydrogens is 305 g/mol. The van der Waals surface area contributed by atoms with Gasteiger partial charge >= 0.3 is 19.2 Å². The predicted octanol–water partition coefficient (Wildman–Crippen LogP) is 0.486. The molecule has 23 heavy (non-hydrogen) atoms. The van der Waals surface area contributed by atoms with Crippen molar-refractivity contribution in [2.75, 3.05) is 13.7 Å². The molecule has 8 nitrogen and oxygen atoms in total. The second-order valence-electron chi connectivity index (χ2n) is 5.16. The van der Waals surface area contributed by atoms with E-state index in [1.165, 1.54) is 13.2 Å². The van der Waals surface area contributed by atoms with Gasteiger partial charge in [0.25, 0.3) is 0 Å². The highest BCUT2D eigenvalue weighted by Gasteiger charge is 2.37. The molecule has 0 spiro atoms. The van der Waals surface area contributed by atoms with E-state index in [0.29, 0.717) is 12.0 Å². The number of methoxy groups -OCH3 is 1. The Morgan fingerprint density at radius 2 is 2.17 bits per heavy atom. The average molecular weight is 321 g/mol. The van der Waals surface area contributed by atoms with Crippen LogP contribution in [0.25, 0.3) is 0 Å². The van der Waals surface area contributed by atoms with Crippen molar-refractivity contribution >= 4 is 25.0 Å². The number of aromatic carboxylic acids is 1. The lowest BCUT2D eigenvalue weighted by atomic mass is 9.64. The van der Waals surface area contributed by atoms with Crippen LogP contribution in [0.1, 0.15) is 22.3 Å². The van der Waals surface area contributed by atoms with E-state index in [2.05, 4.69) is 10.1 Å². The molecule has 1 aromatic carbocycles. The first-order chi connectivity index (χ1) is 10.9. The Morgan fingerprint density at radius 1 is 1.43 bits per heavy atom. The number of carbonyl (C=O) groups is 3. The second kappa shape index (κ2) is 7.14. The molecule has 0 aromatic heterocycles. The molecule has 0 bridgehead atoms. The summed E-state index contributed by atoms with van der Waals surface area (Å²) in [5.41, 5.74) is 0.590. The number of carbonyl (C=O) groups excluding carboxylic acids is 2. The minimum Gasteiger partial charge on any atom is -0.535 e. The SMILES string of the molecule is COC(=O)NCC(=O)C[C@H]1Cc2cccc(C(=O)O)c2OB1O. The maximum atomic E-state index is 11.8. The molecule has 3 N–H and O–H groups in total. The number of rotatable bonds is 5. The van der Waals surface area contributed by atoms with Gasteiger partial charge in [-0.2, -0.15) is 0 Å². The number of ketones is 1. The van der Waals surface area contributed by atoms with E-state index in [0.717, 1.165) is 0 Å². The van der Waals surface area contributed by atoms with E-state index < -0.39 is 25.0 Å². The summed E-state index contributed by atoms with van der Waals surface area (Å²) in [6.07, 6.45) is -0.418. The number of hydrogen-bond acceptors (Lipinski definition) is 6. The topological polar surface area (TPSA) is 122 Å². The summed E-state index contributed by atoms with van der Waals surface area (Å²) in [7, 11) is -0.0970. The zero-order valence-corrected chi connectivity index (χ0v) is 12.4. The molecular formula is C14H16BNO7. The van der Waals surface area contributed by atoms with Gasteiger partial charge in [-0.15, -0.1) is 0 Å². The van der Waals surface area contributed by atoms with Crippen molar-refractivity contribution in [1.82, 2.24) is 5.32 Å². The van der Waals surface area contributed by atoms with E-state index in [1.54, 1.807) is 12.1 Å². The third-order valence-corrected chi connectivity index (χ3v) is 3.56. The van der Waals surface area contributed by atoms with E-state index in [9.17, 15) is 19.4 Å². The summed E-state index contributed by atoms with van der Waals surface area (Å²) in [4.78, 5) is 33.9. The van der Waals surface area contributed by atoms with E-state index in [4.69, 9.17) is 9.76 Å². The molecule has 0 unspecified atom stereocenters. The number of alkyl carbamates (subject to hydrolysis) is 1. The molecule has 0 saturated carbocycles. The van der Waals surface area contributed by atoms with Crippen molar-refractivity contribution in [3.8, 4) is 5.75 Å². The van der Waals surface area contributed by atoms with Crippen LogP contribution in [-0.2, 0) is 16.0 Å². The van der Waals surface area contributed by atoms with Gasteiger partial charge in [0.05, 0.1) is 19.2 Å². The highest BCUT2D eigenvalue weighted by atomic mass is 16.5. The lowest BCUT2D eigenvalue weighted by Crippen LogP contribution is -2.37. The summed E-state index contributed by atoms with van der Waals surface area (Å²) in [6.45, 7) is -0.210. The van der Waals surface area contributed by atoms with Gasteiger partial charge in [-0.3, -0.25) is 4.79 Å². The van der Waals surface area contributed by atoms with Gasteiger partial charge in [0.1, 0.15) is 5.75 Å². The Morgan fingerprint density at radius 3 is 2.83 bits per heavy atom. The van der Waals surface area contributed by atoms with Crippen LogP contribution in [0, 0.1) is 0 Å². The predicted molar refractivity (Wildman–Crippen MR) is 79.5 cm³/mol. The third-order valence-electron chi connectivity index (χ3n) is 3.56. The maximum Gasteiger partial charge on any atom is 0.526 e. The fraction of sp³-hybridized carbons (Fsp3) is 0.357. The molecule has 1 aliphatic rings. The number of benzene rings is 1. The Labute approximate surface area is 132 Å². The summed E-state index contributed by atoms with van der Waals surface area (Å²) < 4.78 is 9.66. The Kier molecular flexibility index (Phi) is 5.22. The molecule has 9 heteroatoms. The van der Waals surface area contributed by atoms with Crippen LogP contribution in [0.2, 0.25) is 5.82 Å². The molecule has 1 aliphatic heterocycles. The van der Waals surface area contributed by atoms with Crippen LogP contribution in [0.3, 0.4) is 0 Å². The van der Waals surface area contributed by atoms with Gasteiger partial charge < -0.3 is 24.8 Å². The first-order valence-corrected chi connectivity index (χ1v) is 6.95. The minimum atomic E-state index is -1.29. The molecule has 0 fully saturated rings. The lowest BCUT2D eigenvalue weighted by Gasteiger charge is -2.28. The zero-order chi connectivity index (χ0) is 17.0. The number of carboxylic acid groups (broad SMARTS) is 1. The van der Waals surface area contributed by atoms with Crippen molar-refractivity contribution in [1.29, 1.82) is 0 Å². The zero-order valence-electron chi connectivity index (χ0n) is 12.4. The standard InChI is InChI=1S/C14H16BNO7/c1-22-14(20)16-7-10(17)6-9-5-8-3-2-4-11(13(18)19)12(8)23-15(9)21/h2-4,9,21H,5-7H2,1H3,(H,16,20)(H,18,19)/t9-/m1/s1. The highest BCUT2D eigenvalue weighted by Crippen LogP contribution is 2.36. The molecule has 0 aliphatic carbocycles. The summed E-state index contributed by atoms with van der Waals surface area (Å²) in [5.74, 6) is -1.82. The number of Topliss-reactive ketones (excluding diaryl/α,β-unsaturated/α-hetero) is 1. The van der Waals surface area contributed by atoms with Crippen molar-refractivity contribution in [3.63, 3.8) is 0 Å². The molecule has 0 radical (unpaired) electrons. The minimum absolute atomic E-state index is 0.0120. The molecule has 1 atom stereocenters. The fourth-order valence-corrected chi connectivity index (χ4v) is 2.43. The number of para-hydroxylation sites is 1. The normalized spacial score (nSPS) is 16.1. The quantitative estimate of drug-likeness (QED) is 0.674. The molecule has 0 saturated heterocycles. The first-order valence-electron chi connectivity index (χ1n) is 6.95. The summed E-state index contributed by atoms with van der Waals surface area (Å²) >= 11 is 0. The number of nitrogens with one attached hydrogen (secondary N) is 1. The Balaban J connectivity index is 2.04. The number of carboxylic acids is 1. The van der Waals surface area contributed by atoms with Gasteiger partial charge in [0, 0.05) is 12.2 Å². The fourth-order valence-electron chi connectivity index (χ4n) is 2.43. The lowest BCUT2D eigenvalue weighted by molar-refractivity contribution is -0.118. The number of amides is 1.